The average Bonchev–Trinajstić information content (AvgIpc) is 3.36. The molecule has 2 aliphatic carbocycles. The SMILES string of the molecule is N#CC1(C2(C#N)c3ccccc3-c3ccc(CO)cc32)c2ccccc2-c2ccc(CO)cc21. The van der Waals surface area contributed by atoms with E-state index in [2.05, 4.69) is 12.1 Å². The second kappa shape index (κ2) is 7.14. The first-order valence-electron chi connectivity index (χ1n) is 11.2. The van der Waals surface area contributed by atoms with Crippen LogP contribution in [0.1, 0.15) is 33.4 Å². The Bertz CT molecular complexity index is 1460. The average molecular weight is 441 g/mol. The summed E-state index contributed by atoms with van der Waals surface area (Å²) in [7, 11) is 0. The first-order valence-corrected chi connectivity index (χ1v) is 11.2. The molecular weight excluding hydrogens is 420 g/mol. The Hall–Kier alpha value is -4.22. The van der Waals surface area contributed by atoms with E-state index in [1.165, 1.54) is 0 Å². The van der Waals surface area contributed by atoms with Crippen LogP contribution in [-0.4, -0.2) is 10.2 Å². The third-order valence-corrected chi connectivity index (χ3v) is 7.48. The number of fused-ring (bicyclic) bond motifs is 6. The summed E-state index contributed by atoms with van der Waals surface area (Å²) >= 11 is 0. The van der Waals surface area contributed by atoms with Gasteiger partial charge in [-0.25, -0.2) is 0 Å². The molecule has 2 unspecified atom stereocenters. The van der Waals surface area contributed by atoms with Crippen LogP contribution >= 0.6 is 0 Å². The lowest BCUT2D eigenvalue weighted by atomic mass is 9.55. The van der Waals surface area contributed by atoms with Crippen LogP contribution < -0.4 is 0 Å². The zero-order chi connectivity index (χ0) is 23.5. The fraction of sp³-hybridized carbons (Fsp3) is 0.133. The largest absolute Gasteiger partial charge is 0.392 e. The van der Waals surface area contributed by atoms with Gasteiger partial charge < -0.3 is 10.2 Å². The van der Waals surface area contributed by atoms with E-state index >= 15 is 0 Å². The molecule has 162 valence electrons. The van der Waals surface area contributed by atoms with Crippen molar-refractivity contribution in [2.45, 2.75) is 24.0 Å². The molecule has 0 heterocycles. The van der Waals surface area contributed by atoms with Crippen molar-refractivity contribution in [3.8, 4) is 34.4 Å². The maximum atomic E-state index is 11.1. The van der Waals surface area contributed by atoms with Gasteiger partial charge >= 0.3 is 0 Å². The summed E-state index contributed by atoms with van der Waals surface area (Å²) < 4.78 is 0. The fourth-order valence-corrected chi connectivity index (χ4v) is 6.07. The molecule has 2 aliphatic rings. The molecule has 2 N–H and O–H groups in total. The lowest BCUT2D eigenvalue weighted by molar-refractivity contribution is 0.281. The molecule has 0 amide bonds. The molecule has 0 bridgehead atoms. The fourth-order valence-electron chi connectivity index (χ4n) is 6.07. The number of aliphatic hydroxyl groups is 2. The summed E-state index contributed by atoms with van der Waals surface area (Å²) in [4.78, 5) is 0. The van der Waals surface area contributed by atoms with Crippen LogP contribution in [0.2, 0.25) is 0 Å². The zero-order valence-electron chi connectivity index (χ0n) is 18.3. The number of hydrogen-bond acceptors (Lipinski definition) is 4. The minimum atomic E-state index is -1.35. The molecule has 4 nitrogen and oxygen atoms in total. The highest BCUT2D eigenvalue weighted by Crippen LogP contribution is 2.64. The van der Waals surface area contributed by atoms with Gasteiger partial charge in [-0.1, -0.05) is 84.9 Å². The Balaban J connectivity index is 1.84. The van der Waals surface area contributed by atoms with E-state index in [9.17, 15) is 20.7 Å². The Morgan fingerprint density at radius 2 is 0.912 bits per heavy atom. The molecule has 0 spiro atoms. The van der Waals surface area contributed by atoms with Crippen molar-refractivity contribution in [1.29, 1.82) is 10.5 Å². The zero-order valence-corrected chi connectivity index (χ0v) is 18.3. The molecule has 0 aliphatic heterocycles. The van der Waals surface area contributed by atoms with E-state index < -0.39 is 10.8 Å². The van der Waals surface area contributed by atoms with Crippen molar-refractivity contribution in [1.82, 2.24) is 0 Å². The first-order chi connectivity index (χ1) is 16.7. The number of benzene rings is 4. The van der Waals surface area contributed by atoms with Gasteiger partial charge in [0.05, 0.1) is 25.4 Å². The monoisotopic (exact) mass is 440 g/mol. The van der Waals surface area contributed by atoms with Crippen LogP contribution in [-0.2, 0) is 24.0 Å². The van der Waals surface area contributed by atoms with Gasteiger partial charge in [0.25, 0.3) is 0 Å². The van der Waals surface area contributed by atoms with Crippen LogP contribution in [0.4, 0.5) is 0 Å². The van der Waals surface area contributed by atoms with Gasteiger partial charge in [0.15, 0.2) is 0 Å². The summed E-state index contributed by atoms with van der Waals surface area (Å²) in [5, 5.41) is 42.0. The van der Waals surface area contributed by atoms with Crippen molar-refractivity contribution >= 4 is 0 Å². The summed E-state index contributed by atoms with van der Waals surface area (Å²) in [5.74, 6) is 0. The predicted molar refractivity (Wildman–Crippen MR) is 128 cm³/mol. The quantitative estimate of drug-likeness (QED) is 0.472. The standard InChI is InChI=1S/C30H20N2O2/c31-17-29(25-7-3-1-5-21(25)23-11-9-19(15-33)13-27(23)29)30(18-32)26-8-4-2-6-22(26)24-12-10-20(16-34)14-28(24)30/h1-14,33-34H,15-16H2. The van der Waals surface area contributed by atoms with Gasteiger partial charge in [-0.2, -0.15) is 10.5 Å². The first kappa shape index (κ1) is 20.4. The van der Waals surface area contributed by atoms with Crippen molar-refractivity contribution in [3.05, 3.63) is 118 Å². The number of hydrogen-bond donors (Lipinski definition) is 2. The Morgan fingerprint density at radius 3 is 1.29 bits per heavy atom. The van der Waals surface area contributed by atoms with Crippen LogP contribution in [0, 0.1) is 22.7 Å². The number of nitrogens with zero attached hydrogens (tertiary/aromatic N) is 2. The Morgan fingerprint density at radius 1 is 0.529 bits per heavy atom. The molecule has 4 aromatic carbocycles. The molecular formula is C30H20N2O2. The van der Waals surface area contributed by atoms with Crippen LogP contribution in [0.25, 0.3) is 22.3 Å². The van der Waals surface area contributed by atoms with Crippen LogP contribution in [0.15, 0.2) is 84.9 Å². The van der Waals surface area contributed by atoms with Crippen LogP contribution in [0.5, 0.6) is 0 Å². The molecule has 2 atom stereocenters. The molecule has 0 saturated carbocycles. The maximum Gasteiger partial charge on any atom is 0.135 e. The van der Waals surface area contributed by atoms with Gasteiger partial charge in [-0.15, -0.1) is 0 Å². The lowest BCUT2D eigenvalue weighted by Crippen LogP contribution is -2.47. The van der Waals surface area contributed by atoms with E-state index in [1.54, 1.807) is 0 Å². The van der Waals surface area contributed by atoms with E-state index in [0.29, 0.717) is 11.1 Å². The van der Waals surface area contributed by atoms with Gasteiger partial charge in [-0.05, 0) is 55.6 Å². The third-order valence-electron chi connectivity index (χ3n) is 7.48. The molecule has 0 aromatic heterocycles. The molecule has 0 fully saturated rings. The van der Waals surface area contributed by atoms with E-state index in [-0.39, 0.29) is 13.2 Å². The van der Waals surface area contributed by atoms with Crippen molar-refractivity contribution < 1.29 is 10.2 Å². The summed E-state index contributed by atoms with van der Waals surface area (Å²) in [6.07, 6.45) is 0. The summed E-state index contributed by atoms with van der Waals surface area (Å²) in [5.41, 5.74) is 5.31. The van der Waals surface area contributed by atoms with E-state index in [0.717, 1.165) is 44.5 Å². The van der Waals surface area contributed by atoms with Gasteiger partial charge in [0, 0.05) is 0 Å². The van der Waals surface area contributed by atoms with E-state index in [4.69, 9.17) is 0 Å². The number of nitriles is 2. The van der Waals surface area contributed by atoms with Gasteiger partial charge in [-0.3, -0.25) is 0 Å². The molecule has 34 heavy (non-hydrogen) atoms. The highest BCUT2D eigenvalue weighted by molar-refractivity contribution is 5.92. The Kier molecular flexibility index (Phi) is 4.28. The lowest BCUT2D eigenvalue weighted by Gasteiger charge is -2.40. The van der Waals surface area contributed by atoms with Gasteiger partial charge in [0.2, 0.25) is 0 Å². The minimum Gasteiger partial charge on any atom is -0.392 e. The topological polar surface area (TPSA) is 88.0 Å². The number of aliphatic hydroxyl groups excluding tert-OH is 2. The summed E-state index contributed by atoms with van der Waals surface area (Å²) in [6.45, 7) is -0.320. The Labute approximate surface area is 197 Å². The maximum absolute atomic E-state index is 11.1. The molecule has 6 rings (SSSR count). The van der Waals surface area contributed by atoms with Crippen LogP contribution in [0.3, 0.4) is 0 Å². The number of rotatable bonds is 3. The third kappa shape index (κ3) is 2.22. The van der Waals surface area contributed by atoms with Crippen molar-refractivity contribution in [3.63, 3.8) is 0 Å². The normalized spacial score (nSPS) is 21.1. The predicted octanol–water partition coefficient (Wildman–Crippen LogP) is 4.95. The molecule has 0 saturated heterocycles. The second-order valence-corrected chi connectivity index (χ2v) is 8.89. The highest BCUT2D eigenvalue weighted by Gasteiger charge is 2.64. The van der Waals surface area contributed by atoms with Crippen molar-refractivity contribution in [2.24, 2.45) is 0 Å². The van der Waals surface area contributed by atoms with E-state index in [1.807, 2.05) is 84.9 Å². The summed E-state index contributed by atoms with van der Waals surface area (Å²) in [6, 6.07) is 32.1. The molecule has 0 radical (unpaired) electrons. The molecule has 4 heteroatoms. The van der Waals surface area contributed by atoms with Crippen molar-refractivity contribution in [2.75, 3.05) is 0 Å². The smallest absolute Gasteiger partial charge is 0.135 e. The minimum absolute atomic E-state index is 0.160. The highest BCUT2D eigenvalue weighted by atomic mass is 16.3. The van der Waals surface area contributed by atoms with Gasteiger partial charge in [0.1, 0.15) is 10.8 Å². The second-order valence-electron chi connectivity index (χ2n) is 8.89. The molecule has 4 aromatic rings.